The number of phenols is 1. The van der Waals surface area contributed by atoms with Crippen LogP contribution in [0.15, 0.2) is 18.2 Å². The van der Waals surface area contributed by atoms with E-state index in [-0.39, 0.29) is 23.6 Å². The second-order valence-corrected chi connectivity index (χ2v) is 6.99. The number of carbonyl (C=O) groups is 2. The number of benzene rings is 1. The molecule has 26 heavy (non-hydrogen) atoms. The number of nitrogens with one attached hydrogen (secondary N) is 1. The smallest absolute Gasteiger partial charge is 0.320 e. The lowest BCUT2D eigenvalue weighted by Gasteiger charge is -2.34. The van der Waals surface area contributed by atoms with Crippen molar-refractivity contribution in [3.8, 4) is 11.5 Å². The molecule has 2 aliphatic rings. The number of methoxy groups -OCH3 is 1. The molecule has 7 heteroatoms. The Hall–Kier alpha value is -2.44. The molecule has 0 radical (unpaired) electrons. The summed E-state index contributed by atoms with van der Waals surface area (Å²) in [5.74, 6) is 0.257. The Morgan fingerprint density at radius 1 is 1.19 bits per heavy atom. The van der Waals surface area contributed by atoms with Gasteiger partial charge in [-0.2, -0.15) is 0 Å². The third-order valence-corrected chi connectivity index (χ3v) is 5.15. The average Bonchev–Trinajstić information content (AvgIpc) is 3.21. The number of phenolic OH excluding ortho intramolecular Hbond substituents is 1. The van der Waals surface area contributed by atoms with Crippen molar-refractivity contribution in [3.05, 3.63) is 23.8 Å². The summed E-state index contributed by atoms with van der Waals surface area (Å²) in [5.41, 5.74) is 0.855. The van der Waals surface area contributed by atoms with E-state index in [0.717, 1.165) is 50.9 Å². The van der Waals surface area contributed by atoms with Crippen LogP contribution in [0.2, 0.25) is 0 Å². The number of carbonyl (C=O) groups excluding carboxylic acids is 2. The van der Waals surface area contributed by atoms with Gasteiger partial charge in [-0.1, -0.05) is 6.07 Å². The van der Waals surface area contributed by atoms with Gasteiger partial charge < -0.3 is 25.0 Å². The van der Waals surface area contributed by atoms with E-state index in [1.807, 2.05) is 9.80 Å². The summed E-state index contributed by atoms with van der Waals surface area (Å²) in [6, 6.07) is 5.09. The number of piperidine rings is 1. The molecular formula is C19H27N3O4. The molecule has 2 N–H and O–H groups in total. The first kappa shape index (κ1) is 18.4. The molecule has 1 aromatic carbocycles. The molecule has 1 aromatic rings. The van der Waals surface area contributed by atoms with Crippen molar-refractivity contribution in [2.45, 2.75) is 32.2 Å². The van der Waals surface area contributed by atoms with Gasteiger partial charge in [0.2, 0.25) is 5.91 Å². The van der Waals surface area contributed by atoms with Crippen LogP contribution in [-0.4, -0.2) is 60.1 Å². The van der Waals surface area contributed by atoms with Crippen LogP contribution < -0.4 is 10.1 Å². The second kappa shape index (κ2) is 8.29. The number of hydrogen-bond acceptors (Lipinski definition) is 4. The third-order valence-electron chi connectivity index (χ3n) is 5.15. The zero-order valence-corrected chi connectivity index (χ0v) is 15.2. The maximum atomic E-state index is 12.5. The number of amides is 3. The summed E-state index contributed by atoms with van der Waals surface area (Å²) in [4.78, 5) is 28.8. The molecule has 0 aromatic heterocycles. The van der Waals surface area contributed by atoms with Gasteiger partial charge in [0.25, 0.3) is 0 Å². The molecule has 0 aliphatic carbocycles. The normalized spacial score (nSPS) is 20.1. The topological polar surface area (TPSA) is 82.1 Å². The van der Waals surface area contributed by atoms with Crippen molar-refractivity contribution >= 4 is 11.9 Å². The predicted octanol–water partition coefficient (Wildman–Crippen LogP) is 1.94. The number of hydrogen-bond donors (Lipinski definition) is 2. The zero-order valence-electron chi connectivity index (χ0n) is 15.2. The van der Waals surface area contributed by atoms with E-state index >= 15 is 0 Å². The van der Waals surface area contributed by atoms with Crippen molar-refractivity contribution in [2.24, 2.45) is 5.92 Å². The number of ether oxygens (including phenoxy) is 1. The van der Waals surface area contributed by atoms with Crippen LogP contribution in [0.4, 0.5) is 4.79 Å². The number of rotatable bonds is 4. The van der Waals surface area contributed by atoms with Crippen LogP contribution in [0.3, 0.4) is 0 Å². The van der Waals surface area contributed by atoms with E-state index in [4.69, 9.17) is 4.74 Å². The maximum Gasteiger partial charge on any atom is 0.320 e. The fourth-order valence-electron chi connectivity index (χ4n) is 3.64. The Bertz CT molecular complexity index is 658. The fourth-order valence-corrected chi connectivity index (χ4v) is 3.64. The average molecular weight is 361 g/mol. The molecule has 2 aliphatic heterocycles. The largest absolute Gasteiger partial charge is 0.504 e. The van der Waals surface area contributed by atoms with E-state index in [1.54, 1.807) is 18.2 Å². The Balaban J connectivity index is 1.53. The highest BCUT2D eigenvalue weighted by Crippen LogP contribution is 2.26. The van der Waals surface area contributed by atoms with Crippen LogP contribution >= 0.6 is 0 Å². The Kier molecular flexibility index (Phi) is 5.85. The third kappa shape index (κ3) is 4.20. The summed E-state index contributed by atoms with van der Waals surface area (Å²) >= 11 is 0. The van der Waals surface area contributed by atoms with Crippen molar-refractivity contribution < 1.29 is 19.4 Å². The van der Waals surface area contributed by atoms with Gasteiger partial charge in [-0.05, 0) is 43.4 Å². The first-order valence-corrected chi connectivity index (χ1v) is 9.26. The van der Waals surface area contributed by atoms with Crippen molar-refractivity contribution in [2.75, 3.05) is 33.3 Å². The van der Waals surface area contributed by atoms with E-state index in [1.165, 1.54) is 7.11 Å². The van der Waals surface area contributed by atoms with Gasteiger partial charge >= 0.3 is 6.03 Å². The van der Waals surface area contributed by atoms with Crippen LogP contribution in [-0.2, 0) is 11.3 Å². The fraction of sp³-hybridized carbons (Fsp3) is 0.579. The minimum Gasteiger partial charge on any atom is -0.504 e. The molecule has 2 heterocycles. The molecule has 0 bridgehead atoms. The summed E-state index contributed by atoms with van der Waals surface area (Å²) in [7, 11) is 1.49. The van der Waals surface area contributed by atoms with E-state index in [9.17, 15) is 14.7 Å². The highest BCUT2D eigenvalue weighted by molar-refractivity contribution is 5.81. The van der Waals surface area contributed by atoms with E-state index in [0.29, 0.717) is 18.8 Å². The van der Waals surface area contributed by atoms with Gasteiger partial charge in [0.1, 0.15) is 0 Å². The van der Waals surface area contributed by atoms with E-state index < -0.39 is 0 Å². The van der Waals surface area contributed by atoms with Gasteiger partial charge in [0.05, 0.1) is 13.0 Å². The number of nitrogens with zero attached hydrogens (tertiary/aromatic N) is 2. The first-order chi connectivity index (χ1) is 12.6. The number of urea groups is 1. The minimum absolute atomic E-state index is 0.0315. The summed E-state index contributed by atoms with van der Waals surface area (Å²) in [6.45, 7) is 3.24. The summed E-state index contributed by atoms with van der Waals surface area (Å²) in [5, 5.41) is 12.6. The van der Waals surface area contributed by atoms with Crippen molar-refractivity contribution in [1.82, 2.24) is 15.1 Å². The van der Waals surface area contributed by atoms with Gasteiger partial charge in [0.15, 0.2) is 11.5 Å². The molecule has 0 saturated carbocycles. The molecule has 0 spiro atoms. The summed E-state index contributed by atoms with van der Waals surface area (Å²) < 4.78 is 5.09. The lowest BCUT2D eigenvalue weighted by molar-refractivity contribution is -0.126. The minimum atomic E-state index is -0.172. The standard InChI is InChI=1S/C19H27N3O4/c1-26-17-11-14(6-7-16(17)23)12-20-18(24)15-5-4-10-22(13-15)19(25)21-8-2-3-9-21/h6-7,11,15,23H,2-5,8-10,12-13H2,1H3,(H,20,24)/t15-/m1/s1. The number of likely N-dealkylation sites (tertiary alicyclic amines) is 2. The monoisotopic (exact) mass is 361 g/mol. The van der Waals surface area contributed by atoms with Gasteiger partial charge in [-0.25, -0.2) is 4.79 Å². The molecule has 1 atom stereocenters. The molecule has 142 valence electrons. The molecule has 3 amide bonds. The highest BCUT2D eigenvalue weighted by atomic mass is 16.5. The Labute approximate surface area is 153 Å². The van der Waals surface area contributed by atoms with Gasteiger partial charge in [-0.3, -0.25) is 4.79 Å². The molecule has 2 saturated heterocycles. The quantitative estimate of drug-likeness (QED) is 0.859. The zero-order chi connectivity index (χ0) is 18.5. The van der Waals surface area contributed by atoms with Crippen LogP contribution in [0.25, 0.3) is 0 Å². The maximum absolute atomic E-state index is 12.5. The predicted molar refractivity (Wildman–Crippen MR) is 97.0 cm³/mol. The SMILES string of the molecule is COc1cc(CNC(=O)[C@@H]2CCCN(C(=O)N3CCCC3)C2)ccc1O. The molecule has 0 unspecified atom stereocenters. The van der Waals surface area contributed by atoms with Gasteiger partial charge in [-0.15, -0.1) is 0 Å². The lowest BCUT2D eigenvalue weighted by Crippen LogP contribution is -2.49. The Morgan fingerprint density at radius 3 is 2.65 bits per heavy atom. The van der Waals surface area contributed by atoms with Crippen LogP contribution in [0.1, 0.15) is 31.2 Å². The van der Waals surface area contributed by atoms with Crippen molar-refractivity contribution in [3.63, 3.8) is 0 Å². The van der Waals surface area contributed by atoms with Gasteiger partial charge in [0, 0.05) is 32.7 Å². The van der Waals surface area contributed by atoms with Crippen LogP contribution in [0.5, 0.6) is 11.5 Å². The molecule has 2 fully saturated rings. The molecular weight excluding hydrogens is 334 g/mol. The number of aromatic hydroxyl groups is 1. The molecule has 3 rings (SSSR count). The molecule has 7 nitrogen and oxygen atoms in total. The van der Waals surface area contributed by atoms with E-state index in [2.05, 4.69) is 5.32 Å². The lowest BCUT2D eigenvalue weighted by atomic mass is 9.97. The van der Waals surface area contributed by atoms with Crippen molar-refractivity contribution in [1.29, 1.82) is 0 Å². The van der Waals surface area contributed by atoms with Crippen LogP contribution in [0, 0.1) is 5.92 Å². The second-order valence-electron chi connectivity index (χ2n) is 6.99. The summed E-state index contributed by atoms with van der Waals surface area (Å²) in [6.07, 6.45) is 3.79. The first-order valence-electron chi connectivity index (χ1n) is 9.26. The Morgan fingerprint density at radius 2 is 1.92 bits per heavy atom. The highest BCUT2D eigenvalue weighted by Gasteiger charge is 2.31.